The van der Waals surface area contributed by atoms with Gasteiger partial charge in [0.1, 0.15) is 6.26 Å². The average molecular weight is 177 g/mol. The molecule has 13 heavy (non-hydrogen) atoms. The van der Waals surface area contributed by atoms with Crippen LogP contribution in [0.4, 0.5) is 0 Å². The second-order valence-corrected chi connectivity index (χ2v) is 2.81. The third-order valence-corrected chi connectivity index (χ3v) is 1.62. The van der Waals surface area contributed by atoms with Crippen LogP contribution in [0.2, 0.25) is 0 Å². The molecule has 1 heterocycles. The molecule has 1 aromatic heterocycles. The molecule has 0 radical (unpaired) electrons. The smallest absolute Gasteiger partial charge is 0.180 e. The van der Waals surface area contributed by atoms with Gasteiger partial charge in [-0.3, -0.25) is 9.69 Å². The summed E-state index contributed by atoms with van der Waals surface area (Å²) in [7, 11) is 1.80. The van der Waals surface area contributed by atoms with Crippen molar-refractivity contribution in [3.05, 3.63) is 24.2 Å². The van der Waals surface area contributed by atoms with Gasteiger partial charge in [-0.1, -0.05) is 5.92 Å². The predicted molar refractivity (Wildman–Crippen MR) is 49.4 cm³/mol. The van der Waals surface area contributed by atoms with E-state index in [2.05, 4.69) is 5.92 Å². The fourth-order valence-corrected chi connectivity index (χ4v) is 0.971. The highest BCUT2D eigenvalue weighted by Crippen LogP contribution is 2.01. The van der Waals surface area contributed by atoms with Crippen LogP contribution in [0.5, 0.6) is 0 Å². The van der Waals surface area contributed by atoms with Gasteiger partial charge in [-0.15, -0.1) is 6.42 Å². The zero-order valence-electron chi connectivity index (χ0n) is 7.49. The van der Waals surface area contributed by atoms with E-state index in [-0.39, 0.29) is 5.78 Å². The van der Waals surface area contributed by atoms with Gasteiger partial charge in [-0.25, -0.2) is 0 Å². The van der Waals surface area contributed by atoms with Gasteiger partial charge in [0.25, 0.3) is 0 Å². The number of hydrogen-bond donors (Lipinski definition) is 0. The van der Waals surface area contributed by atoms with Gasteiger partial charge in [0.2, 0.25) is 0 Å². The third kappa shape index (κ3) is 2.77. The predicted octanol–water partition coefficient (Wildman–Crippen LogP) is 1.03. The Bertz CT molecular complexity index is 308. The van der Waals surface area contributed by atoms with E-state index in [4.69, 9.17) is 10.8 Å². The van der Waals surface area contributed by atoms with Crippen molar-refractivity contribution < 1.29 is 9.21 Å². The maximum Gasteiger partial charge on any atom is 0.180 e. The van der Waals surface area contributed by atoms with Crippen LogP contribution in [-0.4, -0.2) is 30.8 Å². The van der Waals surface area contributed by atoms with Gasteiger partial charge < -0.3 is 4.42 Å². The number of ketones is 1. The molecule has 0 saturated heterocycles. The van der Waals surface area contributed by atoms with Crippen LogP contribution in [0.25, 0.3) is 0 Å². The Labute approximate surface area is 77.3 Å². The van der Waals surface area contributed by atoms with Crippen molar-refractivity contribution in [1.29, 1.82) is 0 Å². The summed E-state index contributed by atoms with van der Waals surface area (Å²) in [5.41, 5.74) is 0.587. The van der Waals surface area contributed by atoms with Crippen LogP contribution in [0, 0.1) is 12.3 Å². The average Bonchev–Trinajstić information content (AvgIpc) is 2.55. The molecule has 0 aliphatic carbocycles. The lowest BCUT2D eigenvalue weighted by Gasteiger charge is -2.10. The Kier molecular flexibility index (Phi) is 3.30. The Morgan fingerprint density at radius 3 is 3.08 bits per heavy atom. The first kappa shape index (κ1) is 9.56. The number of furan rings is 1. The summed E-state index contributed by atoms with van der Waals surface area (Å²) in [4.78, 5) is 13.2. The van der Waals surface area contributed by atoms with Gasteiger partial charge in [0.05, 0.1) is 24.9 Å². The zero-order chi connectivity index (χ0) is 9.68. The maximum absolute atomic E-state index is 11.4. The number of terminal acetylenes is 1. The first-order valence-electron chi connectivity index (χ1n) is 3.91. The van der Waals surface area contributed by atoms with Crippen molar-refractivity contribution in [1.82, 2.24) is 4.90 Å². The van der Waals surface area contributed by atoms with E-state index in [1.54, 1.807) is 18.0 Å². The van der Waals surface area contributed by atoms with Crippen molar-refractivity contribution in [3.8, 4) is 12.3 Å². The second-order valence-electron chi connectivity index (χ2n) is 2.81. The highest BCUT2D eigenvalue weighted by molar-refractivity contribution is 5.97. The SMILES string of the molecule is C#CCN(C)CC(=O)c1ccoc1. The van der Waals surface area contributed by atoms with E-state index >= 15 is 0 Å². The lowest BCUT2D eigenvalue weighted by molar-refractivity contribution is 0.0952. The normalized spacial score (nSPS) is 9.92. The molecule has 0 aromatic carbocycles. The molecular formula is C10H11NO2. The van der Waals surface area contributed by atoms with Crippen molar-refractivity contribution in [2.75, 3.05) is 20.1 Å². The maximum atomic E-state index is 11.4. The number of carbonyl (C=O) groups excluding carboxylic acids is 1. The van der Waals surface area contributed by atoms with E-state index < -0.39 is 0 Å². The summed E-state index contributed by atoms with van der Waals surface area (Å²) >= 11 is 0. The van der Waals surface area contributed by atoms with Gasteiger partial charge in [-0.05, 0) is 13.1 Å². The molecule has 0 aliphatic rings. The lowest BCUT2D eigenvalue weighted by atomic mass is 10.2. The molecule has 0 fully saturated rings. The molecular weight excluding hydrogens is 166 g/mol. The number of rotatable bonds is 4. The molecule has 1 rings (SSSR count). The quantitative estimate of drug-likeness (QED) is 0.508. The van der Waals surface area contributed by atoms with E-state index in [1.165, 1.54) is 12.5 Å². The second kappa shape index (κ2) is 4.48. The van der Waals surface area contributed by atoms with Crippen LogP contribution in [-0.2, 0) is 0 Å². The van der Waals surface area contributed by atoms with Crippen molar-refractivity contribution >= 4 is 5.78 Å². The van der Waals surface area contributed by atoms with E-state index in [0.717, 1.165) is 0 Å². The molecule has 3 nitrogen and oxygen atoms in total. The molecule has 68 valence electrons. The molecule has 0 unspecified atom stereocenters. The van der Waals surface area contributed by atoms with Crippen molar-refractivity contribution in [2.45, 2.75) is 0 Å². The van der Waals surface area contributed by atoms with E-state index in [9.17, 15) is 4.79 Å². The summed E-state index contributed by atoms with van der Waals surface area (Å²) in [6.45, 7) is 0.799. The molecule has 1 aromatic rings. The van der Waals surface area contributed by atoms with Gasteiger partial charge in [0, 0.05) is 0 Å². The van der Waals surface area contributed by atoms with Crippen LogP contribution < -0.4 is 0 Å². The largest absolute Gasteiger partial charge is 0.472 e. The summed E-state index contributed by atoms with van der Waals surface area (Å²) in [6, 6.07) is 1.64. The number of hydrogen-bond acceptors (Lipinski definition) is 3. The van der Waals surface area contributed by atoms with Gasteiger partial charge in [0.15, 0.2) is 5.78 Å². The summed E-state index contributed by atoms with van der Waals surface area (Å²) < 4.78 is 4.80. The molecule has 0 bridgehead atoms. The first-order chi connectivity index (χ1) is 6.24. The number of Topliss-reactive ketones (excluding diaryl/α,β-unsaturated/α-hetero) is 1. The summed E-state index contributed by atoms with van der Waals surface area (Å²) in [5.74, 6) is 2.49. The van der Waals surface area contributed by atoms with Gasteiger partial charge >= 0.3 is 0 Å². The molecule has 0 aliphatic heterocycles. The minimum absolute atomic E-state index is 0.0199. The Morgan fingerprint density at radius 2 is 2.54 bits per heavy atom. The van der Waals surface area contributed by atoms with Crippen molar-refractivity contribution in [3.63, 3.8) is 0 Å². The highest BCUT2D eigenvalue weighted by Gasteiger charge is 2.08. The number of nitrogens with zero attached hydrogens (tertiary/aromatic N) is 1. The van der Waals surface area contributed by atoms with Crippen molar-refractivity contribution in [2.24, 2.45) is 0 Å². The minimum Gasteiger partial charge on any atom is -0.472 e. The standard InChI is InChI=1S/C10H11NO2/c1-3-5-11(2)7-10(12)9-4-6-13-8-9/h1,4,6,8H,5,7H2,2H3. The molecule has 0 amide bonds. The third-order valence-electron chi connectivity index (χ3n) is 1.62. The Morgan fingerprint density at radius 1 is 1.77 bits per heavy atom. The summed E-state index contributed by atoms with van der Waals surface area (Å²) in [6.07, 6.45) is 8.02. The topological polar surface area (TPSA) is 33.5 Å². The van der Waals surface area contributed by atoms with Gasteiger partial charge in [-0.2, -0.15) is 0 Å². The Hall–Kier alpha value is -1.53. The lowest BCUT2D eigenvalue weighted by Crippen LogP contribution is -2.25. The number of likely N-dealkylation sites (N-methyl/N-ethyl adjacent to an activating group) is 1. The fourth-order valence-electron chi connectivity index (χ4n) is 0.971. The fraction of sp³-hybridized carbons (Fsp3) is 0.300. The minimum atomic E-state index is 0.0199. The first-order valence-corrected chi connectivity index (χ1v) is 3.91. The van der Waals surface area contributed by atoms with E-state index in [1.807, 2.05) is 0 Å². The van der Waals surface area contributed by atoms with Crippen LogP contribution in [0.1, 0.15) is 10.4 Å². The highest BCUT2D eigenvalue weighted by atomic mass is 16.3. The van der Waals surface area contributed by atoms with Crippen LogP contribution in [0.3, 0.4) is 0 Å². The summed E-state index contributed by atoms with van der Waals surface area (Å²) in [5, 5.41) is 0. The molecule has 0 saturated carbocycles. The van der Waals surface area contributed by atoms with Crippen LogP contribution >= 0.6 is 0 Å². The molecule has 0 N–H and O–H groups in total. The molecule has 3 heteroatoms. The number of carbonyl (C=O) groups is 1. The van der Waals surface area contributed by atoms with E-state index in [0.29, 0.717) is 18.7 Å². The monoisotopic (exact) mass is 177 g/mol. The van der Waals surface area contributed by atoms with Crippen LogP contribution in [0.15, 0.2) is 23.0 Å². The molecule has 0 atom stereocenters. The molecule has 0 spiro atoms. The Balaban J connectivity index is 2.48. The zero-order valence-corrected chi connectivity index (χ0v) is 7.49.